The summed E-state index contributed by atoms with van der Waals surface area (Å²) in [6, 6.07) is 86.2. The van der Waals surface area contributed by atoms with Crippen LogP contribution in [0.4, 0.5) is 0 Å². The number of aromatic amines is 2. The highest BCUT2D eigenvalue weighted by Crippen LogP contribution is 2.48. The maximum atomic E-state index is 9.97. The maximum Gasteiger partial charge on any atom is 0.127 e. The normalized spacial score (nSPS) is 14.1. The predicted molar refractivity (Wildman–Crippen MR) is 482 cm³/mol. The molecule has 0 radical (unpaired) electrons. The average molecular weight is 1630 g/mol. The fourth-order valence-electron chi connectivity index (χ4n) is 15.4. The molecule has 0 atom stereocenters. The van der Waals surface area contributed by atoms with Crippen LogP contribution in [0.3, 0.4) is 0 Å². The van der Waals surface area contributed by atoms with Gasteiger partial charge >= 0.3 is 0 Å². The molecule has 118 heavy (non-hydrogen) atoms. The molecule has 13 heterocycles. The molecule has 0 aliphatic carbocycles. The Hall–Kier alpha value is -12.8. The Morgan fingerprint density at radius 1 is 0.237 bits per heavy atom. The summed E-state index contributed by atoms with van der Waals surface area (Å²) in [5, 5.41) is 19.9. The van der Waals surface area contributed by atoms with Gasteiger partial charge in [-0.2, -0.15) is 0 Å². The van der Waals surface area contributed by atoms with Gasteiger partial charge in [0.1, 0.15) is 57.5 Å². The molecule has 8 aromatic carbocycles. The van der Waals surface area contributed by atoms with Gasteiger partial charge in [0.2, 0.25) is 0 Å². The van der Waals surface area contributed by atoms with E-state index in [-0.39, 0.29) is 11.5 Å². The number of hydrogen-bond acceptors (Lipinski definition) is 16. The molecule has 15 aromatic rings. The van der Waals surface area contributed by atoms with Crippen LogP contribution in [0, 0.1) is 0 Å². The lowest BCUT2D eigenvalue weighted by molar-refractivity contribution is 0.259. The Bertz CT molecular complexity index is 5790. The number of thiophene rings is 4. The Balaban J connectivity index is 0.693. The summed E-state index contributed by atoms with van der Waals surface area (Å²) in [4.78, 5) is 28.7. The van der Waals surface area contributed by atoms with Gasteiger partial charge in [0.15, 0.2) is 0 Å². The fraction of sp³-hybridized carbons (Fsp3) is 0.160. The summed E-state index contributed by atoms with van der Waals surface area (Å²) >= 11 is 6.95. The summed E-state index contributed by atoms with van der Waals surface area (Å²) in [7, 11) is 0. The van der Waals surface area contributed by atoms with Crippen LogP contribution in [-0.4, -0.2) is 83.0 Å². The van der Waals surface area contributed by atoms with Gasteiger partial charge in [0, 0.05) is 118 Å². The first-order valence-corrected chi connectivity index (χ1v) is 43.4. The van der Waals surface area contributed by atoms with Crippen molar-refractivity contribution in [2.45, 2.75) is 51.4 Å². The molecule has 6 aliphatic heterocycles. The summed E-state index contributed by atoms with van der Waals surface area (Å²) in [6.45, 7) is 3.57. The summed E-state index contributed by atoms with van der Waals surface area (Å²) in [5.74, 6) is 6.28. The summed E-state index contributed by atoms with van der Waals surface area (Å²) < 4.78 is 54.6. The summed E-state index contributed by atoms with van der Waals surface area (Å²) in [5.41, 5.74) is 17.2. The third-order valence-corrected chi connectivity index (χ3v) is 26.1. The Morgan fingerprint density at radius 2 is 0.475 bits per heavy atom. The SMILES string of the molecule is Oc1ccc(-c2ccc(-c3ccc(-c4cc5cc(c4)OCCCCOc4ccccc4-c4c6nc(c7c8ccc([nH]8)c(c8nc(c(c9ccc4[nH]9)-c4ccccc4OCCCCOc4cc(cc(-c9ccc(-c%10ccc(-c%11ccc(O)cc%11)s%10)s9)c4)OCCCCOc4ccccc4-7)C=C8)-c4ccccc4OCCCCO5)C=C6)s3)s2)cc1. The average Bonchev–Trinajstić information content (AvgIpc) is 1.60. The molecule has 0 amide bonds. The van der Waals surface area contributed by atoms with E-state index < -0.39 is 0 Å². The minimum Gasteiger partial charge on any atom is -0.508 e. The van der Waals surface area contributed by atoms with E-state index in [9.17, 15) is 10.2 Å². The van der Waals surface area contributed by atoms with Gasteiger partial charge in [-0.1, -0.05) is 72.8 Å². The summed E-state index contributed by atoms with van der Waals surface area (Å²) in [6.07, 6.45) is 14.3. The van der Waals surface area contributed by atoms with Crippen molar-refractivity contribution in [3.63, 3.8) is 0 Å². The molecular weight excluding hydrogens is 1550 g/mol. The Kier molecular flexibility index (Phi) is 22.0. The number of hydrogen-bond donors (Lipinski definition) is 4. The molecule has 4 N–H and O–H groups in total. The van der Waals surface area contributed by atoms with E-state index in [0.717, 1.165) is 205 Å². The van der Waals surface area contributed by atoms with Crippen LogP contribution in [0.25, 0.3) is 152 Å². The fourth-order valence-corrected chi connectivity index (χ4v) is 19.5. The predicted octanol–water partition coefficient (Wildman–Crippen LogP) is 26.6. The molecule has 0 saturated heterocycles. The zero-order chi connectivity index (χ0) is 79.1. The van der Waals surface area contributed by atoms with Crippen molar-refractivity contribution < 1.29 is 48.1 Å². The van der Waals surface area contributed by atoms with Gasteiger partial charge in [-0.25, -0.2) is 9.97 Å². The molecule has 0 unspecified atom stereocenters. The molecule has 586 valence electrons. The third-order valence-electron chi connectivity index (χ3n) is 21.2. The van der Waals surface area contributed by atoms with E-state index in [0.29, 0.717) is 75.9 Å². The van der Waals surface area contributed by atoms with Crippen molar-refractivity contribution in [2.75, 3.05) is 52.9 Å². The first-order valence-electron chi connectivity index (χ1n) is 40.1. The van der Waals surface area contributed by atoms with Crippen LogP contribution in [0.2, 0.25) is 0 Å². The molecule has 16 bridgehead atoms. The van der Waals surface area contributed by atoms with Crippen molar-refractivity contribution in [1.29, 1.82) is 0 Å². The minimum atomic E-state index is 0.251. The lowest BCUT2D eigenvalue weighted by atomic mass is 10.0. The van der Waals surface area contributed by atoms with Gasteiger partial charge in [-0.05, 0) is 268 Å². The van der Waals surface area contributed by atoms with E-state index in [1.54, 1.807) is 69.6 Å². The highest BCUT2D eigenvalue weighted by atomic mass is 32.1. The largest absolute Gasteiger partial charge is 0.508 e. The first-order chi connectivity index (χ1) is 58.2. The number of H-pyrrole nitrogens is 2. The van der Waals surface area contributed by atoms with E-state index >= 15 is 0 Å². The van der Waals surface area contributed by atoms with Crippen LogP contribution in [0.1, 0.15) is 74.1 Å². The van der Waals surface area contributed by atoms with Crippen LogP contribution < -0.4 is 37.9 Å². The second kappa shape index (κ2) is 34.5. The third kappa shape index (κ3) is 16.5. The van der Waals surface area contributed by atoms with Crippen molar-refractivity contribution in [3.05, 3.63) is 278 Å². The zero-order valence-electron chi connectivity index (χ0n) is 64.6. The zero-order valence-corrected chi connectivity index (χ0v) is 67.8. The van der Waals surface area contributed by atoms with Gasteiger partial charge in [0.25, 0.3) is 0 Å². The Labute approximate surface area is 699 Å². The lowest BCUT2D eigenvalue weighted by Crippen LogP contribution is -2.05. The van der Waals surface area contributed by atoms with E-state index in [4.69, 9.17) is 47.9 Å². The molecular formula is C100H82N4O10S4. The molecule has 0 saturated carbocycles. The van der Waals surface area contributed by atoms with E-state index in [1.807, 2.05) is 84.9 Å². The van der Waals surface area contributed by atoms with Crippen molar-refractivity contribution in [3.8, 4) is 163 Å². The van der Waals surface area contributed by atoms with Gasteiger partial charge < -0.3 is 58.1 Å². The van der Waals surface area contributed by atoms with Crippen molar-refractivity contribution in [2.24, 2.45) is 0 Å². The number of fused-ring (bicyclic) bond motifs is 20. The molecule has 14 nitrogen and oxygen atoms in total. The molecule has 7 aromatic heterocycles. The standard InChI is InChI=1S/C100H82N4O10S4/c105-67-29-25-63(26-30-67)89-41-45-93(115-89)95-47-43-91(117-95)65-57-69-61-70(58-65)108-52-12-16-56-114-88-24-8-4-20-76(88)100-83-39-37-81(103-83)98-74-18-2-6-22-86(74)112-54-14-10-50-109-71-59-66(92-44-48-96(118-92)94-46-42-90(116-94)64-27-31-68(106)32-28-64)60-72(62-71)110-51-11-15-55-113-87-23-7-3-19-75(87)99(82-38-40-84(100)104-82)80-36-34-78(102-80)97(77-33-35-79(98)101-77)73-17-1-5-21-85(73)111-53-13-9-49-107-69/h1-8,17-48,57-62,101,104-106H,9-16,49-56H2. The monoisotopic (exact) mass is 1630 g/mol. The van der Waals surface area contributed by atoms with Crippen LogP contribution >= 0.6 is 45.3 Å². The molecule has 18 heteroatoms. The van der Waals surface area contributed by atoms with Crippen molar-refractivity contribution in [1.82, 2.24) is 19.9 Å². The number of ether oxygens (including phenoxy) is 8. The lowest BCUT2D eigenvalue weighted by Gasteiger charge is -2.15. The van der Waals surface area contributed by atoms with Crippen LogP contribution in [0.15, 0.2) is 255 Å². The molecule has 21 rings (SSSR count). The number of benzene rings is 8. The maximum absolute atomic E-state index is 9.97. The number of aromatic hydroxyl groups is 2. The number of rotatable bonds is 6. The number of phenols is 2. The minimum absolute atomic E-state index is 0.251. The van der Waals surface area contributed by atoms with Crippen molar-refractivity contribution >= 4 is 91.7 Å². The second-order valence-electron chi connectivity index (χ2n) is 29.2. The topological polar surface area (TPSA) is 172 Å². The van der Waals surface area contributed by atoms with E-state index in [2.05, 4.69) is 180 Å². The number of aromatic nitrogens is 4. The van der Waals surface area contributed by atoms with Crippen LogP contribution in [-0.2, 0) is 0 Å². The van der Waals surface area contributed by atoms with Crippen LogP contribution in [0.5, 0.6) is 57.5 Å². The molecule has 6 aliphatic rings. The first kappa shape index (κ1) is 75.2. The van der Waals surface area contributed by atoms with Gasteiger partial charge in [-0.15, -0.1) is 45.3 Å². The highest BCUT2D eigenvalue weighted by molar-refractivity contribution is 7.26. The molecule has 0 fully saturated rings. The number of para-hydroxylation sites is 4. The van der Waals surface area contributed by atoms with Gasteiger partial charge in [0.05, 0.1) is 75.6 Å². The smallest absolute Gasteiger partial charge is 0.127 e. The van der Waals surface area contributed by atoms with Gasteiger partial charge in [-0.3, -0.25) is 0 Å². The quantitative estimate of drug-likeness (QED) is 0.124. The molecule has 0 spiro atoms. The van der Waals surface area contributed by atoms with E-state index in [1.165, 1.54) is 19.5 Å². The number of nitrogens with zero attached hydrogens (tertiary/aromatic N) is 2. The highest BCUT2D eigenvalue weighted by Gasteiger charge is 2.25. The number of nitrogens with one attached hydrogen (secondary N) is 2. The Morgan fingerprint density at radius 3 is 0.746 bits per heavy atom. The second-order valence-corrected chi connectivity index (χ2v) is 33.6. The number of phenolic OH excluding ortho intramolecular Hbond substituents is 2.